The van der Waals surface area contributed by atoms with Crippen molar-refractivity contribution in [3.63, 3.8) is 0 Å². The molecule has 0 spiro atoms. The molecule has 2 aromatic heterocycles. The van der Waals surface area contributed by atoms with Gasteiger partial charge in [0.25, 0.3) is 11.8 Å². The lowest BCUT2D eigenvalue weighted by Crippen LogP contribution is -2.50. The zero-order valence-electron chi connectivity index (χ0n) is 18.1. The highest BCUT2D eigenvalue weighted by molar-refractivity contribution is 5.99. The van der Waals surface area contributed by atoms with Crippen molar-refractivity contribution < 1.29 is 26.7 Å². The summed E-state index contributed by atoms with van der Waals surface area (Å²) >= 11 is 0. The maximum atomic E-state index is 14.3. The number of rotatable bonds is 5. The van der Waals surface area contributed by atoms with Gasteiger partial charge in [0.2, 0.25) is 0 Å². The van der Waals surface area contributed by atoms with E-state index in [-0.39, 0.29) is 25.1 Å². The molecule has 3 heterocycles. The topological polar surface area (TPSA) is 46.1 Å². The molecule has 1 amide bonds. The number of hydrogen-bond donors (Lipinski definition) is 0. The third kappa shape index (κ3) is 5.40. The lowest BCUT2D eigenvalue weighted by atomic mass is 9.93. The third-order valence-corrected chi connectivity index (χ3v) is 5.94. The molecule has 1 atom stereocenters. The number of aryl methyl sites for hydroxylation is 1. The summed E-state index contributed by atoms with van der Waals surface area (Å²) in [5, 5.41) is 0. The molecule has 0 saturated carbocycles. The Labute approximate surface area is 193 Å². The molecule has 9 heteroatoms. The van der Waals surface area contributed by atoms with E-state index in [1.165, 1.54) is 17.2 Å². The molecule has 1 unspecified atom stereocenters. The van der Waals surface area contributed by atoms with Gasteiger partial charge >= 0.3 is 6.18 Å². The number of likely N-dealkylation sites (tertiary alicyclic amines) is 1. The van der Waals surface area contributed by atoms with Crippen molar-refractivity contribution in [2.75, 3.05) is 6.54 Å². The lowest BCUT2D eigenvalue weighted by Gasteiger charge is -2.39. The van der Waals surface area contributed by atoms with Crippen LogP contribution < -0.4 is 0 Å². The molecule has 1 aliphatic heterocycles. The van der Waals surface area contributed by atoms with Gasteiger partial charge in [-0.05, 0) is 36.6 Å². The molecule has 0 N–H and O–H groups in total. The Balaban J connectivity index is 1.55. The van der Waals surface area contributed by atoms with Crippen LogP contribution in [0.2, 0.25) is 0 Å². The normalized spacial score (nSPS) is 18.0. The lowest BCUT2D eigenvalue weighted by molar-refractivity contribution is -0.137. The third-order valence-electron chi connectivity index (χ3n) is 5.94. The first-order chi connectivity index (χ1) is 16.1. The summed E-state index contributed by atoms with van der Waals surface area (Å²) in [7, 11) is 0. The fraction of sp³-hybridized carbons (Fsp3) is 0.320. The van der Waals surface area contributed by atoms with Crippen LogP contribution in [-0.4, -0.2) is 39.3 Å². The number of pyridine rings is 2. The number of carbonyl (C=O) groups excluding carboxylic acids is 1. The Morgan fingerprint density at radius 2 is 1.79 bits per heavy atom. The van der Waals surface area contributed by atoms with Crippen molar-refractivity contribution in [1.29, 1.82) is 0 Å². The molecule has 1 saturated heterocycles. The van der Waals surface area contributed by atoms with Crippen molar-refractivity contribution in [2.45, 2.75) is 43.8 Å². The molecule has 4 rings (SSSR count). The Bertz CT molecular complexity index is 1130. The summed E-state index contributed by atoms with van der Waals surface area (Å²) in [4.78, 5) is 23.0. The number of halogens is 5. The van der Waals surface area contributed by atoms with Crippen molar-refractivity contribution in [3.05, 3.63) is 83.9 Å². The van der Waals surface area contributed by atoms with E-state index in [0.717, 1.165) is 17.8 Å². The number of piperidine rings is 1. The monoisotopic (exact) mass is 475 g/mol. The van der Waals surface area contributed by atoms with Crippen LogP contribution in [0.1, 0.15) is 41.0 Å². The summed E-state index contributed by atoms with van der Waals surface area (Å²) in [6.45, 7) is -0.137. The van der Waals surface area contributed by atoms with Crippen LogP contribution in [0.25, 0.3) is 11.1 Å². The van der Waals surface area contributed by atoms with Gasteiger partial charge in [0.1, 0.15) is 5.69 Å². The summed E-state index contributed by atoms with van der Waals surface area (Å²) in [5.74, 6) is -3.37. The van der Waals surface area contributed by atoms with Gasteiger partial charge in [0.15, 0.2) is 0 Å². The molecule has 178 valence electrons. The number of benzene rings is 1. The minimum absolute atomic E-state index is 0.137. The van der Waals surface area contributed by atoms with Crippen molar-refractivity contribution in [1.82, 2.24) is 14.9 Å². The van der Waals surface area contributed by atoms with Crippen molar-refractivity contribution >= 4 is 5.91 Å². The number of carbonyl (C=O) groups is 1. The largest absolute Gasteiger partial charge is 0.417 e. The van der Waals surface area contributed by atoms with E-state index in [9.17, 15) is 26.7 Å². The van der Waals surface area contributed by atoms with Gasteiger partial charge in [0, 0.05) is 49.1 Å². The molecule has 0 aliphatic carbocycles. The Morgan fingerprint density at radius 1 is 1.03 bits per heavy atom. The minimum Gasteiger partial charge on any atom is -0.334 e. The van der Waals surface area contributed by atoms with Gasteiger partial charge in [0.05, 0.1) is 5.56 Å². The van der Waals surface area contributed by atoms with Crippen LogP contribution in [0.4, 0.5) is 22.0 Å². The smallest absolute Gasteiger partial charge is 0.334 e. The number of aromatic nitrogens is 2. The standard InChI is InChI=1S/C25H22F5N3O/c26-24(27)12-14-33(20(15-24)11-10-19-9-8-18(16-32-19)25(28,29)30)23(34)22-21(7-4-13-31-22)17-5-2-1-3-6-17/h1-9,13,16,20H,10-12,14-15H2. The zero-order valence-corrected chi connectivity index (χ0v) is 18.1. The molecule has 1 aromatic carbocycles. The minimum atomic E-state index is -4.50. The molecule has 4 nitrogen and oxygen atoms in total. The highest BCUT2D eigenvalue weighted by atomic mass is 19.4. The van der Waals surface area contributed by atoms with Gasteiger partial charge in [-0.1, -0.05) is 36.4 Å². The van der Waals surface area contributed by atoms with Crippen LogP contribution in [0.3, 0.4) is 0 Å². The summed E-state index contributed by atoms with van der Waals surface area (Å²) < 4.78 is 66.8. The van der Waals surface area contributed by atoms with E-state index in [4.69, 9.17) is 0 Å². The maximum absolute atomic E-state index is 14.3. The van der Waals surface area contributed by atoms with E-state index in [1.807, 2.05) is 30.3 Å². The average molecular weight is 475 g/mol. The van der Waals surface area contributed by atoms with Gasteiger partial charge in [-0.3, -0.25) is 14.8 Å². The predicted octanol–water partition coefficient (Wildman–Crippen LogP) is 6.04. The molecule has 0 radical (unpaired) electrons. The van der Waals surface area contributed by atoms with Crippen molar-refractivity contribution in [2.24, 2.45) is 0 Å². The number of alkyl halides is 5. The van der Waals surface area contributed by atoms with Crippen LogP contribution in [0, 0.1) is 0 Å². The second kappa shape index (κ2) is 9.48. The van der Waals surface area contributed by atoms with Crippen LogP contribution >= 0.6 is 0 Å². The van der Waals surface area contributed by atoms with E-state index in [1.54, 1.807) is 12.1 Å². The van der Waals surface area contributed by atoms with Crippen LogP contribution in [0.15, 0.2) is 67.0 Å². The van der Waals surface area contributed by atoms with Crippen LogP contribution in [0.5, 0.6) is 0 Å². The molecule has 0 bridgehead atoms. The highest BCUT2D eigenvalue weighted by Gasteiger charge is 2.42. The number of hydrogen-bond acceptors (Lipinski definition) is 3. The Morgan fingerprint density at radius 3 is 2.47 bits per heavy atom. The summed E-state index contributed by atoms with van der Waals surface area (Å²) in [5.41, 5.74) is 1.04. The zero-order chi connectivity index (χ0) is 24.3. The number of nitrogens with zero attached hydrogens (tertiary/aromatic N) is 3. The SMILES string of the molecule is O=C(c1ncccc1-c1ccccc1)N1CCC(F)(F)CC1CCc1ccc(C(F)(F)F)cn1. The molecule has 1 fully saturated rings. The molecular weight excluding hydrogens is 453 g/mol. The summed E-state index contributed by atoms with van der Waals surface area (Å²) in [6.07, 6.45) is -2.95. The molecule has 34 heavy (non-hydrogen) atoms. The van der Waals surface area contributed by atoms with E-state index >= 15 is 0 Å². The van der Waals surface area contributed by atoms with Gasteiger partial charge in [-0.2, -0.15) is 13.2 Å². The van der Waals surface area contributed by atoms with Crippen LogP contribution in [-0.2, 0) is 12.6 Å². The van der Waals surface area contributed by atoms with E-state index in [0.29, 0.717) is 11.3 Å². The first-order valence-corrected chi connectivity index (χ1v) is 10.9. The first kappa shape index (κ1) is 23.8. The van der Waals surface area contributed by atoms with Gasteiger partial charge < -0.3 is 4.90 Å². The van der Waals surface area contributed by atoms with E-state index < -0.39 is 42.5 Å². The Hall–Kier alpha value is -3.36. The summed E-state index contributed by atoms with van der Waals surface area (Å²) in [6, 6.07) is 14.0. The average Bonchev–Trinajstić information content (AvgIpc) is 2.82. The van der Waals surface area contributed by atoms with E-state index in [2.05, 4.69) is 9.97 Å². The fourth-order valence-electron chi connectivity index (χ4n) is 4.17. The second-order valence-corrected chi connectivity index (χ2v) is 8.30. The van der Waals surface area contributed by atoms with Gasteiger partial charge in [-0.25, -0.2) is 8.78 Å². The highest BCUT2D eigenvalue weighted by Crippen LogP contribution is 2.35. The fourth-order valence-corrected chi connectivity index (χ4v) is 4.17. The molecule has 3 aromatic rings. The predicted molar refractivity (Wildman–Crippen MR) is 116 cm³/mol. The second-order valence-electron chi connectivity index (χ2n) is 8.30. The molecular formula is C25H22F5N3O. The maximum Gasteiger partial charge on any atom is 0.417 e. The quantitative estimate of drug-likeness (QED) is 0.423. The molecule has 1 aliphatic rings. The Kier molecular flexibility index (Phi) is 6.63. The van der Waals surface area contributed by atoms with Gasteiger partial charge in [-0.15, -0.1) is 0 Å². The number of amides is 1. The first-order valence-electron chi connectivity index (χ1n) is 10.9. The van der Waals surface area contributed by atoms with Crippen molar-refractivity contribution in [3.8, 4) is 11.1 Å².